The molecule has 0 amide bonds. The molecule has 6 nitrogen and oxygen atoms in total. The third-order valence-corrected chi connectivity index (χ3v) is 4.07. The number of aliphatic hydroxyl groups excluding tert-OH is 1. The van der Waals surface area contributed by atoms with Crippen LogP contribution >= 0.6 is 0 Å². The molecule has 3 rings (SSSR count). The first-order chi connectivity index (χ1) is 14.2. The molecule has 0 heterocycles. The van der Waals surface area contributed by atoms with Gasteiger partial charge in [-0.2, -0.15) is 0 Å². The second-order valence-electron chi connectivity index (χ2n) is 6.12. The van der Waals surface area contributed by atoms with Gasteiger partial charge in [-0.1, -0.05) is 12.2 Å². The second-order valence-corrected chi connectivity index (χ2v) is 6.12. The molecule has 0 saturated heterocycles. The van der Waals surface area contributed by atoms with Crippen LogP contribution in [-0.4, -0.2) is 31.4 Å². The van der Waals surface area contributed by atoms with Crippen molar-refractivity contribution in [1.29, 1.82) is 0 Å². The summed E-state index contributed by atoms with van der Waals surface area (Å²) in [5.41, 5.74) is 1.08. The number of carbonyl (C=O) groups excluding carboxylic acids is 1. The lowest BCUT2D eigenvalue weighted by Gasteiger charge is -2.09. The van der Waals surface area contributed by atoms with Gasteiger partial charge in [0.05, 0.1) is 31.5 Å². The zero-order valence-corrected chi connectivity index (χ0v) is 16.0. The zero-order valence-electron chi connectivity index (χ0n) is 16.0. The molecule has 1 aliphatic rings. The van der Waals surface area contributed by atoms with Crippen LogP contribution in [-0.2, 0) is 4.74 Å². The van der Waals surface area contributed by atoms with Crippen LogP contribution in [0.2, 0.25) is 0 Å². The molecule has 2 aromatic rings. The van der Waals surface area contributed by atoms with Gasteiger partial charge in [0, 0.05) is 6.42 Å². The van der Waals surface area contributed by atoms with E-state index in [0.29, 0.717) is 48.0 Å². The highest BCUT2D eigenvalue weighted by atomic mass is 16.6. The lowest BCUT2D eigenvalue weighted by atomic mass is 10.2. The van der Waals surface area contributed by atoms with Crippen molar-refractivity contribution in [2.45, 2.75) is 6.42 Å². The van der Waals surface area contributed by atoms with Crippen LogP contribution in [0.3, 0.4) is 0 Å². The van der Waals surface area contributed by atoms with Crippen LogP contribution in [0.25, 0.3) is 0 Å². The van der Waals surface area contributed by atoms with Gasteiger partial charge < -0.3 is 24.1 Å². The van der Waals surface area contributed by atoms with Crippen molar-refractivity contribution in [3.05, 3.63) is 89.9 Å². The minimum absolute atomic E-state index is 0.0882. The van der Waals surface area contributed by atoms with E-state index >= 15 is 0 Å². The van der Waals surface area contributed by atoms with E-state index in [9.17, 15) is 9.90 Å². The number of esters is 1. The van der Waals surface area contributed by atoms with Crippen LogP contribution in [0, 0.1) is 0 Å². The number of ether oxygens (including phenoxy) is 4. The van der Waals surface area contributed by atoms with Gasteiger partial charge in [0.1, 0.15) is 17.2 Å². The minimum Gasteiger partial charge on any atom is -0.497 e. The lowest BCUT2D eigenvalue weighted by molar-refractivity contribution is 0.0734. The number of carbonyl (C=O) groups is 1. The summed E-state index contributed by atoms with van der Waals surface area (Å²) in [4.78, 5) is 12.2. The number of aliphatic hydroxyl groups is 1. The summed E-state index contributed by atoms with van der Waals surface area (Å²) < 4.78 is 21.3. The van der Waals surface area contributed by atoms with Crippen molar-refractivity contribution in [3.8, 4) is 17.2 Å². The second kappa shape index (κ2) is 10.0. The standard InChI is InChI=1S/C23H22O6/c1-26-19-11-13-21(14-12-19)29-23(25)18-7-9-20(10-8-18)27-15-4-16-28-22(24)17-5-2-3-6-17/h2-3,5-14,24H,4,15-16H2,1H3. The van der Waals surface area contributed by atoms with Gasteiger partial charge in [-0.05, 0) is 60.7 Å². The molecule has 0 saturated carbocycles. The number of allylic oxidation sites excluding steroid dienone is 5. The molecule has 150 valence electrons. The predicted octanol–water partition coefficient (Wildman–Crippen LogP) is 4.60. The predicted molar refractivity (Wildman–Crippen MR) is 108 cm³/mol. The Bertz CT molecular complexity index is 893. The third-order valence-electron chi connectivity index (χ3n) is 4.07. The number of hydrogen-bond acceptors (Lipinski definition) is 6. The molecule has 6 heteroatoms. The summed E-state index contributed by atoms with van der Waals surface area (Å²) in [5, 5.41) is 9.74. The highest BCUT2D eigenvalue weighted by Crippen LogP contribution is 2.19. The van der Waals surface area contributed by atoms with Crippen LogP contribution in [0.15, 0.2) is 84.4 Å². The average molecular weight is 394 g/mol. The van der Waals surface area contributed by atoms with E-state index in [-0.39, 0.29) is 5.95 Å². The smallest absolute Gasteiger partial charge is 0.343 e. The first-order valence-corrected chi connectivity index (χ1v) is 9.15. The number of rotatable bonds is 9. The highest BCUT2D eigenvalue weighted by Gasteiger charge is 2.09. The normalized spacial score (nSPS) is 12.0. The van der Waals surface area contributed by atoms with Crippen molar-refractivity contribution < 1.29 is 28.8 Å². The van der Waals surface area contributed by atoms with Crippen LogP contribution in [0.5, 0.6) is 17.2 Å². The van der Waals surface area contributed by atoms with E-state index in [4.69, 9.17) is 18.9 Å². The van der Waals surface area contributed by atoms with Crippen LogP contribution in [0.4, 0.5) is 0 Å². The van der Waals surface area contributed by atoms with E-state index in [2.05, 4.69) is 0 Å². The Labute approximate surface area is 169 Å². The Hall–Kier alpha value is -3.67. The maximum Gasteiger partial charge on any atom is 0.343 e. The van der Waals surface area contributed by atoms with Gasteiger partial charge in [0.25, 0.3) is 5.95 Å². The molecule has 0 fully saturated rings. The summed E-state index contributed by atoms with van der Waals surface area (Å²) in [6.45, 7) is 0.757. The van der Waals surface area contributed by atoms with Gasteiger partial charge >= 0.3 is 5.97 Å². The van der Waals surface area contributed by atoms with Crippen molar-refractivity contribution in [2.75, 3.05) is 20.3 Å². The average Bonchev–Trinajstić information content (AvgIpc) is 3.29. The molecule has 2 aromatic carbocycles. The monoisotopic (exact) mass is 394 g/mol. The molecular weight excluding hydrogens is 372 g/mol. The SMILES string of the molecule is COc1ccc(OC(=O)c2ccc(OCCCOC(O)=C3C=CC=C3)cc2)cc1. The van der Waals surface area contributed by atoms with Crippen molar-refractivity contribution in [1.82, 2.24) is 0 Å². The zero-order chi connectivity index (χ0) is 20.5. The summed E-state index contributed by atoms with van der Waals surface area (Å²) in [7, 11) is 1.57. The fourth-order valence-corrected chi connectivity index (χ4v) is 2.51. The van der Waals surface area contributed by atoms with Crippen molar-refractivity contribution in [3.63, 3.8) is 0 Å². The molecular formula is C23H22O6. The summed E-state index contributed by atoms with van der Waals surface area (Å²) in [6.07, 6.45) is 7.80. The Balaban J connectivity index is 1.41. The quantitative estimate of drug-likeness (QED) is 0.290. The molecule has 0 radical (unpaired) electrons. The Morgan fingerprint density at radius 3 is 2.14 bits per heavy atom. The van der Waals surface area contributed by atoms with E-state index in [1.807, 2.05) is 12.2 Å². The minimum atomic E-state index is -0.450. The summed E-state index contributed by atoms with van der Waals surface area (Å²) >= 11 is 0. The maximum atomic E-state index is 12.2. The molecule has 0 unspecified atom stereocenters. The van der Waals surface area contributed by atoms with Gasteiger partial charge in [-0.3, -0.25) is 0 Å². The number of benzene rings is 2. The molecule has 1 aliphatic carbocycles. The first kappa shape index (κ1) is 20.1. The van der Waals surface area contributed by atoms with Gasteiger partial charge in [0.15, 0.2) is 0 Å². The fourth-order valence-electron chi connectivity index (χ4n) is 2.51. The third kappa shape index (κ3) is 5.90. The molecule has 29 heavy (non-hydrogen) atoms. The van der Waals surface area contributed by atoms with Gasteiger partial charge in [-0.25, -0.2) is 4.79 Å². The largest absolute Gasteiger partial charge is 0.497 e. The van der Waals surface area contributed by atoms with Crippen molar-refractivity contribution in [2.24, 2.45) is 0 Å². The van der Waals surface area contributed by atoms with Gasteiger partial charge in [0.2, 0.25) is 0 Å². The van der Waals surface area contributed by atoms with E-state index in [1.165, 1.54) is 0 Å². The molecule has 0 spiro atoms. The Morgan fingerprint density at radius 1 is 0.862 bits per heavy atom. The molecule has 1 N–H and O–H groups in total. The van der Waals surface area contributed by atoms with Crippen molar-refractivity contribution >= 4 is 5.97 Å². The molecule has 0 atom stereocenters. The van der Waals surface area contributed by atoms with Crippen LogP contribution in [0.1, 0.15) is 16.8 Å². The van der Waals surface area contributed by atoms with E-state index in [1.54, 1.807) is 67.8 Å². The maximum absolute atomic E-state index is 12.2. The molecule has 0 aromatic heterocycles. The Kier molecular flexibility index (Phi) is 6.95. The lowest BCUT2D eigenvalue weighted by Crippen LogP contribution is -2.08. The summed E-state index contributed by atoms with van der Waals surface area (Å²) in [6, 6.07) is 13.5. The van der Waals surface area contributed by atoms with Crippen LogP contribution < -0.4 is 14.2 Å². The molecule has 0 bridgehead atoms. The topological polar surface area (TPSA) is 74.2 Å². The number of hydrogen-bond donors (Lipinski definition) is 1. The van der Waals surface area contributed by atoms with E-state index < -0.39 is 5.97 Å². The Morgan fingerprint density at radius 2 is 1.48 bits per heavy atom. The fraction of sp³-hybridized carbons (Fsp3) is 0.174. The van der Waals surface area contributed by atoms with E-state index in [0.717, 1.165) is 0 Å². The highest BCUT2D eigenvalue weighted by molar-refractivity contribution is 5.91. The number of methoxy groups -OCH3 is 1. The first-order valence-electron chi connectivity index (χ1n) is 9.15. The van der Waals surface area contributed by atoms with Gasteiger partial charge in [-0.15, -0.1) is 0 Å². The molecule has 0 aliphatic heterocycles. The summed E-state index contributed by atoms with van der Waals surface area (Å²) in [5.74, 6) is 1.23.